The molecule has 0 aromatic heterocycles. The molecule has 0 bridgehead atoms. The van der Waals surface area contributed by atoms with Crippen LogP contribution in [0.3, 0.4) is 0 Å². The van der Waals surface area contributed by atoms with Gasteiger partial charge < -0.3 is 20.3 Å². The lowest BCUT2D eigenvalue weighted by molar-refractivity contribution is -0.130. The third kappa shape index (κ3) is 8.31. The standard InChI is InChI=1S/C22H30N4O2.HI/c1-4-26(17-18-11-7-6-8-12-18)21(27)16-25-22(23-3)24-15-19-13-9-10-14-20(19)28-5-2;/h6-14H,4-5,15-17H2,1-3H3,(H2,23,24,25);1H. The number of benzene rings is 2. The van der Waals surface area contributed by atoms with Crippen LogP contribution < -0.4 is 15.4 Å². The molecule has 2 rings (SSSR count). The third-order valence-corrected chi connectivity index (χ3v) is 4.30. The number of aliphatic imine (C=N–C) groups is 1. The van der Waals surface area contributed by atoms with E-state index in [1.807, 2.05) is 73.3 Å². The second-order valence-electron chi connectivity index (χ2n) is 6.21. The summed E-state index contributed by atoms with van der Waals surface area (Å²) in [6.07, 6.45) is 0. The molecule has 7 heteroatoms. The Labute approximate surface area is 190 Å². The molecule has 0 fully saturated rings. The number of rotatable bonds is 9. The highest BCUT2D eigenvalue weighted by molar-refractivity contribution is 14.0. The first-order valence-electron chi connectivity index (χ1n) is 9.64. The fourth-order valence-corrected chi connectivity index (χ4v) is 2.80. The first-order valence-corrected chi connectivity index (χ1v) is 9.64. The fraction of sp³-hybridized carbons (Fsp3) is 0.364. The van der Waals surface area contributed by atoms with Crippen molar-refractivity contribution >= 4 is 35.8 Å². The number of likely N-dealkylation sites (N-methyl/N-ethyl adjacent to an activating group) is 1. The van der Waals surface area contributed by atoms with E-state index in [1.165, 1.54) is 0 Å². The van der Waals surface area contributed by atoms with E-state index in [-0.39, 0.29) is 36.4 Å². The van der Waals surface area contributed by atoms with Gasteiger partial charge >= 0.3 is 0 Å². The second-order valence-corrected chi connectivity index (χ2v) is 6.21. The predicted octanol–water partition coefficient (Wildman–Crippen LogP) is 3.42. The summed E-state index contributed by atoms with van der Waals surface area (Å²) in [6, 6.07) is 17.9. The third-order valence-electron chi connectivity index (χ3n) is 4.30. The zero-order valence-corrected chi connectivity index (χ0v) is 19.7. The average Bonchev–Trinajstić information content (AvgIpc) is 2.74. The largest absolute Gasteiger partial charge is 0.494 e. The van der Waals surface area contributed by atoms with Gasteiger partial charge in [0.2, 0.25) is 5.91 Å². The van der Waals surface area contributed by atoms with Crippen LogP contribution in [0.25, 0.3) is 0 Å². The minimum absolute atomic E-state index is 0. The van der Waals surface area contributed by atoms with Gasteiger partial charge in [0.15, 0.2) is 5.96 Å². The number of halogens is 1. The van der Waals surface area contributed by atoms with Crippen LogP contribution in [0, 0.1) is 0 Å². The van der Waals surface area contributed by atoms with Crippen LogP contribution in [0.5, 0.6) is 5.75 Å². The number of para-hydroxylation sites is 1. The Morgan fingerprint density at radius 2 is 1.72 bits per heavy atom. The monoisotopic (exact) mass is 510 g/mol. The maximum Gasteiger partial charge on any atom is 0.242 e. The average molecular weight is 510 g/mol. The first-order chi connectivity index (χ1) is 13.7. The molecule has 29 heavy (non-hydrogen) atoms. The van der Waals surface area contributed by atoms with Crippen molar-refractivity contribution in [1.29, 1.82) is 0 Å². The van der Waals surface area contributed by atoms with Gasteiger partial charge in [-0.25, -0.2) is 0 Å². The normalized spacial score (nSPS) is 10.7. The number of nitrogens with one attached hydrogen (secondary N) is 2. The Hall–Kier alpha value is -2.29. The van der Waals surface area contributed by atoms with E-state index >= 15 is 0 Å². The van der Waals surface area contributed by atoms with E-state index in [0.717, 1.165) is 16.9 Å². The van der Waals surface area contributed by atoms with Crippen molar-refractivity contribution in [2.24, 2.45) is 4.99 Å². The Kier molecular flexibility index (Phi) is 11.8. The van der Waals surface area contributed by atoms with E-state index in [2.05, 4.69) is 15.6 Å². The van der Waals surface area contributed by atoms with E-state index in [9.17, 15) is 4.79 Å². The number of nitrogens with zero attached hydrogens (tertiary/aromatic N) is 2. The number of ether oxygens (including phenoxy) is 1. The summed E-state index contributed by atoms with van der Waals surface area (Å²) >= 11 is 0. The minimum atomic E-state index is 0. The maximum atomic E-state index is 12.6. The quantitative estimate of drug-likeness (QED) is 0.308. The Morgan fingerprint density at radius 1 is 1.03 bits per heavy atom. The lowest BCUT2D eigenvalue weighted by Crippen LogP contribution is -2.44. The smallest absolute Gasteiger partial charge is 0.242 e. The highest BCUT2D eigenvalue weighted by atomic mass is 127. The molecule has 2 aromatic rings. The van der Waals surface area contributed by atoms with Crippen molar-refractivity contribution in [3.05, 3.63) is 65.7 Å². The summed E-state index contributed by atoms with van der Waals surface area (Å²) in [5.41, 5.74) is 2.16. The van der Waals surface area contributed by atoms with Gasteiger partial charge in [-0.1, -0.05) is 48.5 Å². The van der Waals surface area contributed by atoms with Gasteiger partial charge in [-0.2, -0.15) is 0 Å². The fourth-order valence-electron chi connectivity index (χ4n) is 2.80. The van der Waals surface area contributed by atoms with Crippen LogP contribution in [0.15, 0.2) is 59.6 Å². The summed E-state index contributed by atoms with van der Waals surface area (Å²) in [6.45, 7) is 6.57. The lowest BCUT2D eigenvalue weighted by atomic mass is 10.2. The first kappa shape index (κ1) is 24.7. The number of amides is 1. The number of carbonyl (C=O) groups is 1. The van der Waals surface area contributed by atoms with Crippen LogP contribution in [0.2, 0.25) is 0 Å². The van der Waals surface area contributed by atoms with Crippen LogP contribution in [-0.2, 0) is 17.9 Å². The molecule has 0 unspecified atom stereocenters. The number of hydrogen-bond acceptors (Lipinski definition) is 3. The molecular weight excluding hydrogens is 479 g/mol. The molecule has 2 aromatic carbocycles. The molecule has 0 aliphatic heterocycles. The van der Waals surface area contributed by atoms with Gasteiger partial charge in [0.05, 0.1) is 13.2 Å². The summed E-state index contributed by atoms with van der Waals surface area (Å²) in [5, 5.41) is 6.33. The topological polar surface area (TPSA) is 66.0 Å². The Bertz CT molecular complexity index is 768. The summed E-state index contributed by atoms with van der Waals surface area (Å²) in [7, 11) is 1.69. The molecule has 0 saturated heterocycles. The van der Waals surface area contributed by atoms with Gasteiger partial charge in [-0.05, 0) is 25.5 Å². The zero-order valence-electron chi connectivity index (χ0n) is 17.4. The van der Waals surface area contributed by atoms with E-state index in [4.69, 9.17) is 4.74 Å². The molecule has 0 radical (unpaired) electrons. The molecule has 2 N–H and O–H groups in total. The van der Waals surface area contributed by atoms with Gasteiger partial charge in [-0.3, -0.25) is 9.79 Å². The lowest BCUT2D eigenvalue weighted by Gasteiger charge is -2.22. The van der Waals surface area contributed by atoms with Crippen LogP contribution in [0.4, 0.5) is 0 Å². The summed E-state index contributed by atoms with van der Waals surface area (Å²) < 4.78 is 5.64. The number of hydrogen-bond donors (Lipinski definition) is 2. The van der Waals surface area contributed by atoms with Gasteiger partial charge in [0.25, 0.3) is 0 Å². The predicted molar refractivity (Wildman–Crippen MR) is 129 cm³/mol. The van der Waals surface area contributed by atoms with Crippen LogP contribution in [-0.4, -0.2) is 43.5 Å². The molecule has 158 valence electrons. The van der Waals surface area contributed by atoms with Crippen molar-refractivity contribution in [3.8, 4) is 5.75 Å². The highest BCUT2D eigenvalue weighted by Gasteiger charge is 2.13. The maximum absolute atomic E-state index is 12.6. The van der Waals surface area contributed by atoms with Crippen molar-refractivity contribution in [3.63, 3.8) is 0 Å². The van der Waals surface area contributed by atoms with E-state index < -0.39 is 0 Å². The molecule has 0 spiro atoms. The molecule has 0 atom stereocenters. The molecule has 0 aliphatic carbocycles. The SMILES string of the molecule is CCOc1ccccc1CNC(=NC)NCC(=O)N(CC)Cc1ccccc1.I. The van der Waals surface area contributed by atoms with E-state index in [0.29, 0.717) is 32.2 Å². The van der Waals surface area contributed by atoms with Crippen molar-refractivity contribution in [2.45, 2.75) is 26.9 Å². The molecule has 1 amide bonds. The zero-order chi connectivity index (χ0) is 20.2. The van der Waals surface area contributed by atoms with Crippen LogP contribution in [0.1, 0.15) is 25.0 Å². The Balaban J connectivity index is 0.00000420. The number of carbonyl (C=O) groups excluding carboxylic acids is 1. The molecule has 0 heterocycles. The van der Waals surface area contributed by atoms with Crippen LogP contribution >= 0.6 is 24.0 Å². The number of guanidine groups is 1. The highest BCUT2D eigenvalue weighted by Crippen LogP contribution is 2.17. The summed E-state index contributed by atoms with van der Waals surface area (Å²) in [4.78, 5) is 18.6. The minimum Gasteiger partial charge on any atom is -0.494 e. The summed E-state index contributed by atoms with van der Waals surface area (Å²) in [5.74, 6) is 1.46. The van der Waals surface area contributed by atoms with Crippen molar-refractivity contribution in [1.82, 2.24) is 15.5 Å². The van der Waals surface area contributed by atoms with Gasteiger partial charge in [-0.15, -0.1) is 24.0 Å². The molecule has 6 nitrogen and oxygen atoms in total. The molecule has 0 saturated carbocycles. The van der Waals surface area contributed by atoms with Crippen molar-refractivity contribution < 1.29 is 9.53 Å². The molecule has 0 aliphatic rings. The van der Waals surface area contributed by atoms with Crippen molar-refractivity contribution in [2.75, 3.05) is 26.7 Å². The van der Waals surface area contributed by atoms with E-state index in [1.54, 1.807) is 7.05 Å². The Morgan fingerprint density at radius 3 is 2.38 bits per heavy atom. The second kappa shape index (κ2) is 13.8. The molecular formula is C22H31IN4O2. The van der Waals surface area contributed by atoms with Gasteiger partial charge in [0.1, 0.15) is 5.75 Å². The van der Waals surface area contributed by atoms with Gasteiger partial charge in [0, 0.05) is 32.2 Å².